The molecule has 19 heavy (non-hydrogen) atoms. The number of rotatable bonds is 2. The van der Waals surface area contributed by atoms with Crippen molar-refractivity contribution in [1.29, 1.82) is 5.26 Å². The van der Waals surface area contributed by atoms with E-state index in [2.05, 4.69) is 11.2 Å². The molecular weight excluding hydrogens is 236 g/mol. The molecule has 0 aliphatic rings. The fraction of sp³-hybridized carbons (Fsp3) is 0.125. The minimum atomic E-state index is 0. The topological polar surface area (TPSA) is 49.8 Å². The van der Waals surface area contributed by atoms with Crippen molar-refractivity contribution >= 4 is 10.9 Å². The summed E-state index contributed by atoms with van der Waals surface area (Å²) in [6, 6.07) is 17.8. The monoisotopic (exact) mass is 250 g/mol. The van der Waals surface area contributed by atoms with Crippen LogP contribution in [0.1, 0.15) is 13.0 Å². The smallest absolute Gasteiger partial charge is 0.174 e. The number of aromatic nitrogens is 1. The molecule has 0 N–H and O–H groups in total. The second-order valence-electron chi connectivity index (χ2n) is 4.06. The van der Waals surface area contributed by atoms with Crippen LogP contribution in [0.5, 0.6) is 0 Å². The fourth-order valence-electron chi connectivity index (χ4n) is 1.99. The number of nitrogens with zero attached hydrogens (tertiary/aromatic N) is 2. The van der Waals surface area contributed by atoms with Gasteiger partial charge in [-0.05, 0) is 17.7 Å². The second kappa shape index (κ2) is 5.36. The van der Waals surface area contributed by atoms with E-state index in [1.807, 2.05) is 48.5 Å². The van der Waals surface area contributed by atoms with Gasteiger partial charge in [0.15, 0.2) is 5.76 Å². The highest BCUT2D eigenvalue weighted by atomic mass is 16.5. The Morgan fingerprint density at radius 2 is 1.89 bits per heavy atom. The SMILES string of the molecule is C.N#CCc1ccc2c(-c3ccccc3)onc2c1. The van der Waals surface area contributed by atoms with Crippen LogP contribution < -0.4 is 0 Å². The molecule has 1 aromatic heterocycles. The van der Waals surface area contributed by atoms with Gasteiger partial charge in [-0.25, -0.2) is 0 Å². The van der Waals surface area contributed by atoms with Gasteiger partial charge in [0.25, 0.3) is 0 Å². The van der Waals surface area contributed by atoms with E-state index in [1.165, 1.54) is 0 Å². The molecule has 0 fully saturated rings. The Kier molecular flexibility index (Phi) is 3.63. The zero-order valence-electron chi connectivity index (χ0n) is 9.63. The molecule has 1 heterocycles. The molecule has 94 valence electrons. The zero-order valence-corrected chi connectivity index (χ0v) is 9.63. The van der Waals surface area contributed by atoms with Gasteiger partial charge < -0.3 is 4.52 Å². The van der Waals surface area contributed by atoms with E-state index in [4.69, 9.17) is 9.78 Å². The Morgan fingerprint density at radius 1 is 1.11 bits per heavy atom. The van der Waals surface area contributed by atoms with Crippen LogP contribution >= 0.6 is 0 Å². The van der Waals surface area contributed by atoms with Gasteiger partial charge in [-0.3, -0.25) is 0 Å². The van der Waals surface area contributed by atoms with Gasteiger partial charge in [0.2, 0.25) is 0 Å². The Labute approximate surface area is 112 Å². The second-order valence-corrected chi connectivity index (χ2v) is 4.06. The molecule has 0 bridgehead atoms. The maximum atomic E-state index is 8.68. The van der Waals surface area contributed by atoms with Crippen LogP contribution in [0.4, 0.5) is 0 Å². The Bertz CT molecular complexity index is 723. The van der Waals surface area contributed by atoms with E-state index in [0.29, 0.717) is 6.42 Å². The third-order valence-corrected chi connectivity index (χ3v) is 2.86. The van der Waals surface area contributed by atoms with Crippen molar-refractivity contribution in [3.63, 3.8) is 0 Å². The number of benzene rings is 2. The van der Waals surface area contributed by atoms with Crippen LogP contribution in [0.15, 0.2) is 53.1 Å². The predicted molar refractivity (Wildman–Crippen MR) is 75.5 cm³/mol. The molecule has 3 heteroatoms. The summed E-state index contributed by atoms with van der Waals surface area (Å²) in [6.07, 6.45) is 0.392. The van der Waals surface area contributed by atoms with Crippen LogP contribution in [0, 0.1) is 11.3 Å². The molecule has 0 radical (unpaired) electrons. The lowest BCUT2D eigenvalue weighted by Gasteiger charge is -1.96. The molecule has 0 spiro atoms. The number of fused-ring (bicyclic) bond motifs is 1. The maximum Gasteiger partial charge on any atom is 0.174 e. The van der Waals surface area contributed by atoms with Crippen molar-refractivity contribution < 1.29 is 4.52 Å². The predicted octanol–water partition coefficient (Wildman–Crippen LogP) is 4.20. The molecular formula is C16H14N2O. The first kappa shape index (κ1) is 12.8. The molecule has 3 rings (SSSR count). The van der Waals surface area contributed by atoms with Crippen molar-refractivity contribution in [2.24, 2.45) is 0 Å². The van der Waals surface area contributed by atoms with E-state index < -0.39 is 0 Å². The van der Waals surface area contributed by atoms with Crippen molar-refractivity contribution in [3.05, 3.63) is 54.1 Å². The van der Waals surface area contributed by atoms with Crippen LogP contribution in [0.25, 0.3) is 22.2 Å². The van der Waals surface area contributed by atoms with Gasteiger partial charge in [0.05, 0.1) is 12.5 Å². The van der Waals surface area contributed by atoms with Gasteiger partial charge >= 0.3 is 0 Å². The summed E-state index contributed by atoms with van der Waals surface area (Å²) in [5.74, 6) is 0.772. The van der Waals surface area contributed by atoms with Gasteiger partial charge in [-0.1, -0.05) is 49.0 Å². The van der Waals surface area contributed by atoms with Crippen molar-refractivity contribution in [2.75, 3.05) is 0 Å². The molecule has 0 saturated carbocycles. The molecule has 0 aliphatic carbocycles. The fourth-order valence-corrected chi connectivity index (χ4v) is 1.99. The number of hydrogen-bond donors (Lipinski definition) is 0. The first-order chi connectivity index (χ1) is 8.88. The highest BCUT2D eigenvalue weighted by molar-refractivity contribution is 5.91. The molecule has 0 aliphatic heterocycles. The van der Waals surface area contributed by atoms with Crippen LogP contribution in [0.3, 0.4) is 0 Å². The minimum absolute atomic E-state index is 0. The summed E-state index contributed by atoms with van der Waals surface area (Å²) in [4.78, 5) is 0. The van der Waals surface area contributed by atoms with E-state index >= 15 is 0 Å². The Hall–Kier alpha value is -2.60. The molecule has 0 amide bonds. The van der Waals surface area contributed by atoms with E-state index in [0.717, 1.165) is 27.8 Å². The van der Waals surface area contributed by atoms with Crippen molar-refractivity contribution in [2.45, 2.75) is 13.8 Å². The normalized spacial score (nSPS) is 9.84. The lowest BCUT2D eigenvalue weighted by molar-refractivity contribution is 0.441. The maximum absolute atomic E-state index is 8.68. The van der Waals surface area contributed by atoms with Gasteiger partial charge in [-0.15, -0.1) is 0 Å². The molecule has 0 unspecified atom stereocenters. The number of hydrogen-bond acceptors (Lipinski definition) is 3. The molecule has 3 aromatic rings. The summed E-state index contributed by atoms with van der Waals surface area (Å²) in [7, 11) is 0. The third-order valence-electron chi connectivity index (χ3n) is 2.86. The summed E-state index contributed by atoms with van der Waals surface area (Å²) in [5, 5.41) is 13.7. The molecule has 2 aromatic carbocycles. The van der Waals surface area contributed by atoms with Crippen molar-refractivity contribution in [3.8, 4) is 17.4 Å². The summed E-state index contributed by atoms with van der Waals surface area (Å²) in [5.41, 5.74) is 2.76. The van der Waals surface area contributed by atoms with Crippen LogP contribution in [-0.4, -0.2) is 5.16 Å². The quantitative estimate of drug-likeness (QED) is 0.685. The molecule has 3 nitrogen and oxygen atoms in total. The Balaban J connectivity index is 0.00000133. The minimum Gasteiger partial charge on any atom is -0.355 e. The van der Waals surface area contributed by atoms with E-state index in [9.17, 15) is 0 Å². The summed E-state index contributed by atoms with van der Waals surface area (Å²) < 4.78 is 5.40. The largest absolute Gasteiger partial charge is 0.355 e. The Morgan fingerprint density at radius 3 is 2.63 bits per heavy atom. The van der Waals surface area contributed by atoms with Crippen molar-refractivity contribution in [1.82, 2.24) is 5.16 Å². The lowest BCUT2D eigenvalue weighted by atomic mass is 10.1. The lowest BCUT2D eigenvalue weighted by Crippen LogP contribution is -1.81. The first-order valence-corrected chi connectivity index (χ1v) is 5.69. The summed E-state index contributed by atoms with van der Waals surface area (Å²) in [6.45, 7) is 0. The first-order valence-electron chi connectivity index (χ1n) is 5.69. The molecule has 0 saturated heterocycles. The standard InChI is InChI=1S/C15H10N2O.CH4/c16-9-8-11-6-7-13-14(10-11)17-18-15(13)12-4-2-1-3-5-12;/h1-7,10H,8H2;1H4. The third kappa shape index (κ3) is 2.34. The summed E-state index contributed by atoms with van der Waals surface area (Å²) >= 11 is 0. The van der Waals surface area contributed by atoms with Gasteiger partial charge in [0, 0.05) is 10.9 Å². The van der Waals surface area contributed by atoms with Crippen LogP contribution in [0.2, 0.25) is 0 Å². The van der Waals surface area contributed by atoms with Gasteiger partial charge in [-0.2, -0.15) is 5.26 Å². The van der Waals surface area contributed by atoms with E-state index in [1.54, 1.807) is 0 Å². The van der Waals surface area contributed by atoms with Crippen LogP contribution in [-0.2, 0) is 6.42 Å². The van der Waals surface area contributed by atoms with Gasteiger partial charge in [0.1, 0.15) is 5.52 Å². The number of nitriles is 1. The average molecular weight is 250 g/mol. The highest BCUT2D eigenvalue weighted by Gasteiger charge is 2.10. The highest BCUT2D eigenvalue weighted by Crippen LogP contribution is 2.28. The molecule has 0 atom stereocenters. The average Bonchev–Trinajstić information content (AvgIpc) is 2.83. The van der Waals surface area contributed by atoms with E-state index in [-0.39, 0.29) is 7.43 Å². The zero-order chi connectivity index (χ0) is 12.4.